The van der Waals surface area contributed by atoms with Crippen LogP contribution in [0.15, 0.2) is 65.3 Å². The Bertz CT molecular complexity index is 1020. The van der Waals surface area contributed by atoms with Gasteiger partial charge in [0, 0.05) is 37.6 Å². The van der Waals surface area contributed by atoms with E-state index in [-0.39, 0.29) is 11.8 Å². The molecule has 1 atom stereocenters. The number of hydrogen-bond donors (Lipinski definition) is 0. The number of hydrogen-bond acceptors (Lipinski definition) is 4. The van der Waals surface area contributed by atoms with Gasteiger partial charge in [-0.15, -0.1) is 0 Å². The van der Waals surface area contributed by atoms with Gasteiger partial charge < -0.3 is 18.8 Å². The molecule has 31 heavy (non-hydrogen) atoms. The number of fused-ring (bicyclic) bond motifs is 1. The molecule has 1 amide bonds. The molecule has 5 nitrogen and oxygen atoms in total. The van der Waals surface area contributed by atoms with Crippen LogP contribution < -0.4 is 0 Å². The molecule has 3 heterocycles. The Kier molecular flexibility index (Phi) is 5.79. The van der Waals surface area contributed by atoms with Gasteiger partial charge in [-0.2, -0.15) is 0 Å². The van der Waals surface area contributed by atoms with Crippen LogP contribution in [0.25, 0.3) is 11.0 Å². The van der Waals surface area contributed by atoms with Crippen LogP contribution in [-0.2, 0) is 26.1 Å². The molecule has 1 aromatic heterocycles. The number of amides is 1. The van der Waals surface area contributed by atoms with Gasteiger partial charge in [0.25, 0.3) is 0 Å². The zero-order valence-corrected chi connectivity index (χ0v) is 17.8. The molecule has 5 heteroatoms. The van der Waals surface area contributed by atoms with Gasteiger partial charge in [0.05, 0.1) is 24.9 Å². The maximum absolute atomic E-state index is 14.0. The molecule has 2 aliphatic rings. The van der Waals surface area contributed by atoms with E-state index in [0.717, 1.165) is 35.8 Å². The molecule has 162 valence electrons. The molecule has 2 fully saturated rings. The van der Waals surface area contributed by atoms with Gasteiger partial charge in [-0.1, -0.05) is 42.5 Å². The number of benzene rings is 2. The minimum Gasteiger partial charge on any atom is -0.464 e. The van der Waals surface area contributed by atoms with Crippen LogP contribution in [0.2, 0.25) is 0 Å². The molecular formula is C26H29NO4. The molecule has 0 spiro atoms. The Morgan fingerprint density at radius 3 is 2.65 bits per heavy atom. The van der Waals surface area contributed by atoms with E-state index in [1.807, 2.05) is 41.3 Å². The summed E-state index contributed by atoms with van der Waals surface area (Å²) in [6, 6.07) is 18.5. The highest BCUT2D eigenvalue weighted by molar-refractivity contribution is 5.88. The Morgan fingerprint density at radius 1 is 0.968 bits per heavy atom. The van der Waals surface area contributed by atoms with E-state index in [9.17, 15) is 4.79 Å². The number of nitrogens with zero attached hydrogens (tertiary/aromatic N) is 1. The fraction of sp³-hybridized carbons (Fsp3) is 0.423. The average molecular weight is 420 g/mol. The minimum absolute atomic E-state index is 0.221. The lowest BCUT2D eigenvalue weighted by atomic mass is 9.73. The van der Waals surface area contributed by atoms with Crippen LogP contribution in [0.1, 0.15) is 24.0 Å². The van der Waals surface area contributed by atoms with Crippen molar-refractivity contribution >= 4 is 16.9 Å². The number of rotatable bonds is 4. The van der Waals surface area contributed by atoms with Crippen molar-refractivity contribution in [2.24, 2.45) is 5.92 Å². The van der Waals surface area contributed by atoms with E-state index in [4.69, 9.17) is 13.9 Å². The quantitative estimate of drug-likeness (QED) is 0.636. The molecule has 0 unspecified atom stereocenters. The van der Waals surface area contributed by atoms with Gasteiger partial charge in [0.15, 0.2) is 0 Å². The van der Waals surface area contributed by atoms with E-state index in [1.165, 1.54) is 5.56 Å². The second-order valence-electron chi connectivity index (χ2n) is 8.71. The fourth-order valence-corrected chi connectivity index (χ4v) is 5.14. The van der Waals surface area contributed by atoms with E-state index in [1.54, 1.807) is 6.26 Å². The van der Waals surface area contributed by atoms with Crippen LogP contribution in [-0.4, -0.2) is 50.3 Å². The van der Waals surface area contributed by atoms with Crippen molar-refractivity contribution in [1.82, 2.24) is 4.90 Å². The zero-order chi connectivity index (χ0) is 21.1. The van der Waals surface area contributed by atoms with E-state index in [2.05, 4.69) is 18.2 Å². The van der Waals surface area contributed by atoms with Crippen LogP contribution in [0.4, 0.5) is 0 Å². The smallest absolute Gasteiger partial charge is 0.233 e. The summed E-state index contributed by atoms with van der Waals surface area (Å²) in [5.74, 6) is 0.471. The highest BCUT2D eigenvalue weighted by atomic mass is 16.5. The van der Waals surface area contributed by atoms with Crippen molar-refractivity contribution in [1.29, 1.82) is 0 Å². The van der Waals surface area contributed by atoms with E-state index >= 15 is 0 Å². The third-order valence-corrected chi connectivity index (χ3v) is 6.80. The maximum atomic E-state index is 14.0. The third kappa shape index (κ3) is 4.00. The van der Waals surface area contributed by atoms with Gasteiger partial charge in [-0.25, -0.2) is 0 Å². The van der Waals surface area contributed by atoms with Crippen molar-refractivity contribution < 1.29 is 18.7 Å². The lowest BCUT2D eigenvalue weighted by Crippen LogP contribution is -2.51. The molecule has 3 aromatic rings. The van der Waals surface area contributed by atoms with Gasteiger partial charge in [-0.3, -0.25) is 4.79 Å². The Morgan fingerprint density at radius 2 is 1.81 bits per heavy atom. The van der Waals surface area contributed by atoms with Crippen LogP contribution in [0, 0.1) is 5.92 Å². The standard InChI is InChI=1S/C26H29NO4/c28-25(26(10-14-29-15-11-26)22-6-2-1-3-7-22)27-12-16-30-19-20(18-27)17-21-5-4-8-24-23(21)9-13-31-24/h1-9,13,20H,10-12,14-19H2/t20-/m0/s1. The van der Waals surface area contributed by atoms with Gasteiger partial charge >= 0.3 is 0 Å². The predicted octanol–water partition coefficient (Wildman–Crippen LogP) is 4.20. The second kappa shape index (κ2) is 8.85. The van der Waals surface area contributed by atoms with Crippen LogP contribution >= 0.6 is 0 Å². The lowest BCUT2D eigenvalue weighted by Gasteiger charge is -2.40. The summed E-state index contributed by atoms with van der Waals surface area (Å²) in [4.78, 5) is 16.0. The van der Waals surface area contributed by atoms with Crippen molar-refractivity contribution in [2.45, 2.75) is 24.7 Å². The van der Waals surface area contributed by atoms with Gasteiger partial charge in [-0.05, 0) is 42.5 Å². The van der Waals surface area contributed by atoms with Crippen molar-refractivity contribution in [2.75, 3.05) is 39.5 Å². The summed E-state index contributed by atoms with van der Waals surface area (Å²) < 4.78 is 17.1. The van der Waals surface area contributed by atoms with E-state index in [0.29, 0.717) is 39.5 Å². The number of carbonyl (C=O) groups excluding carboxylic acids is 1. The van der Waals surface area contributed by atoms with Crippen molar-refractivity contribution in [3.63, 3.8) is 0 Å². The first-order chi connectivity index (χ1) is 15.3. The lowest BCUT2D eigenvalue weighted by molar-refractivity contribution is -0.141. The largest absolute Gasteiger partial charge is 0.464 e. The molecule has 0 radical (unpaired) electrons. The highest BCUT2D eigenvalue weighted by Crippen LogP contribution is 2.37. The first-order valence-corrected chi connectivity index (χ1v) is 11.2. The van der Waals surface area contributed by atoms with Gasteiger partial charge in [0.1, 0.15) is 5.58 Å². The molecule has 0 bridgehead atoms. The zero-order valence-electron chi connectivity index (χ0n) is 17.8. The third-order valence-electron chi connectivity index (χ3n) is 6.80. The van der Waals surface area contributed by atoms with Crippen LogP contribution in [0.5, 0.6) is 0 Å². The average Bonchev–Trinajstić information content (AvgIpc) is 3.20. The molecule has 2 aliphatic heterocycles. The maximum Gasteiger partial charge on any atom is 0.233 e. The predicted molar refractivity (Wildman–Crippen MR) is 119 cm³/mol. The number of ether oxygens (including phenoxy) is 2. The highest BCUT2D eigenvalue weighted by Gasteiger charge is 2.44. The monoisotopic (exact) mass is 419 g/mol. The molecule has 0 saturated carbocycles. The SMILES string of the molecule is O=C(N1CCOC[C@@H](Cc2cccc3occc23)C1)C1(c2ccccc2)CCOCC1. The first-order valence-electron chi connectivity index (χ1n) is 11.2. The summed E-state index contributed by atoms with van der Waals surface area (Å²) in [6.45, 7) is 3.84. The first kappa shape index (κ1) is 20.3. The molecule has 2 aromatic carbocycles. The Labute approximate surface area is 182 Å². The van der Waals surface area contributed by atoms with E-state index < -0.39 is 5.41 Å². The Balaban J connectivity index is 1.39. The van der Waals surface area contributed by atoms with Gasteiger partial charge in [0.2, 0.25) is 5.91 Å². The molecular weight excluding hydrogens is 390 g/mol. The molecule has 0 N–H and O–H groups in total. The number of carbonyl (C=O) groups is 1. The molecule has 0 aliphatic carbocycles. The summed E-state index contributed by atoms with van der Waals surface area (Å²) in [5, 5.41) is 1.15. The second-order valence-corrected chi connectivity index (χ2v) is 8.71. The minimum atomic E-state index is -0.501. The Hall–Kier alpha value is -2.63. The summed E-state index contributed by atoms with van der Waals surface area (Å²) in [7, 11) is 0. The molecule has 5 rings (SSSR count). The summed E-state index contributed by atoms with van der Waals surface area (Å²) in [6.07, 6.45) is 4.06. The topological polar surface area (TPSA) is 51.9 Å². The number of furan rings is 1. The molecule has 2 saturated heterocycles. The van der Waals surface area contributed by atoms with Crippen molar-refractivity contribution in [3.8, 4) is 0 Å². The summed E-state index contributed by atoms with van der Waals surface area (Å²) in [5.41, 5.74) is 2.76. The van der Waals surface area contributed by atoms with Crippen LogP contribution in [0.3, 0.4) is 0 Å². The van der Waals surface area contributed by atoms with Crippen molar-refractivity contribution in [3.05, 3.63) is 72.0 Å². The fourth-order valence-electron chi connectivity index (χ4n) is 5.14. The normalized spacial score (nSPS) is 21.7. The summed E-state index contributed by atoms with van der Waals surface area (Å²) >= 11 is 0.